The maximum absolute atomic E-state index is 11.8. The molecule has 0 unspecified atom stereocenters. The lowest BCUT2D eigenvalue weighted by molar-refractivity contribution is 0.0960. The Bertz CT molecular complexity index is 642. The lowest BCUT2D eigenvalue weighted by Gasteiger charge is -2.03. The van der Waals surface area contributed by atoms with E-state index in [-0.39, 0.29) is 5.91 Å². The predicted molar refractivity (Wildman–Crippen MR) is 101 cm³/mol. The minimum Gasteiger partial charge on any atom is -0.484 e. The summed E-state index contributed by atoms with van der Waals surface area (Å²) in [5, 5.41) is 7.42. The van der Waals surface area contributed by atoms with Gasteiger partial charge in [0.2, 0.25) is 0 Å². The number of nitrogens with zero attached hydrogens (tertiary/aromatic N) is 1. The third-order valence-electron chi connectivity index (χ3n) is 3.67. The second-order valence-electron chi connectivity index (χ2n) is 5.86. The van der Waals surface area contributed by atoms with Gasteiger partial charge in [-0.05, 0) is 31.9 Å². The van der Waals surface area contributed by atoms with E-state index in [2.05, 4.69) is 10.5 Å². The van der Waals surface area contributed by atoms with Gasteiger partial charge in [0.05, 0.1) is 17.2 Å². The largest absolute Gasteiger partial charge is 0.484 e. The molecule has 0 fully saturated rings. The van der Waals surface area contributed by atoms with Crippen LogP contribution in [0.5, 0.6) is 5.06 Å². The van der Waals surface area contributed by atoms with Gasteiger partial charge in [0.15, 0.2) is 5.06 Å². The van der Waals surface area contributed by atoms with Crippen LogP contribution in [-0.2, 0) is 6.42 Å². The van der Waals surface area contributed by atoms with Crippen LogP contribution in [0.15, 0.2) is 22.7 Å². The number of carbonyl (C=O) groups is 1. The van der Waals surface area contributed by atoms with Crippen molar-refractivity contribution < 1.29 is 14.1 Å². The highest BCUT2D eigenvalue weighted by Crippen LogP contribution is 2.24. The van der Waals surface area contributed by atoms with Crippen molar-refractivity contribution in [2.75, 3.05) is 19.0 Å². The van der Waals surface area contributed by atoms with E-state index in [1.807, 2.05) is 19.1 Å². The number of amides is 1. The van der Waals surface area contributed by atoms with Gasteiger partial charge in [0, 0.05) is 24.9 Å². The van der Waals surface area contributed by atoms with E-state index in [1.165, 1.54) is 24.2 Å². The molecule has 0 aromatic carbocycles. The minimum absolute atomic E-state index is 0.0950. The fraction of sp³-hybridized carbons (Fsp3) is 0.556. The van der Waals surface area contributed by atoms with Crippen molar-refractivity contribution in [1.29, 1.82) is 0 Å². The van der Waals surface area contributed by atoms with E-state index in [0.29, 0.717) is 23.9 Å². The molecule has 2 aromatic heterocycles. The smallest absolute Gasteiger partial charge is 0.261 e. The molecule has 1 amide bonds. The zero-order valence-corrected chi connectivity index (χ0v) is 16.1. The van der Waals surface area contributed by atoms with Gasteiger partial charge in [-0.25, -0.2) is 0 Å². The summed E-state index contributed by atoms with van der Waals surface area (Å²) in [7, 11) is 0. The van der Waals surface area contributed by atoms with Crippen LogP contribution in [0.1, 0.15) is 53.2 Å². The molecular weight excluding hydrogens is 360 g/mol. The first-order chi connectivity index (χ1) is 12.2. The lowest BCUT2D eigenvalue weighted by Crippen LogP contribution is -2.24. The van der Waals surface area contributed by atoms with Crippen LogP contribution < -0.4 is 10.1 Å². The van der Waals surface area contributed by atoms with Crippen LogP contribution in [0.2, 0.25) is 0 Å². The zero-order chi connectivity index (χ0) is 17.9. The number of thiophene rings is 1. The Morgan fingerprint density at radius 3 is 2.84 bits per heavy atom. The summed E-state index contributed by atoms with van der Waals surface area (Å²) >= 11 is 6.93. The van der Waals surface area contributed by atoms with Gasteiger partial charge in [-0.2, -0.15) is 0 Å². The molecule has 0 bridgehead atoms. The molecular formula is C18H25ClN2O3S. The third kappa shape index (κ3) is 7.48. The number of alkyl halides is 1. The molecule has 2 heterocycles. The quantitative estimate of drug-likeness (QED) is 0.429. The summed E-state index contributed by atoms with van der Waals surface area (Å²) in [6, 6.07) is 5.63. The molecule has 0 aliphatic heterocycles. The molecule has 0 saturated carbocycles. The van der Waals surface area contributed by atoms with E-state index in [4.69, 9.17) is 20.9 Å². The number of aryl methyl sites for hydroxylation is 2. The van der Waals surface area contributed by atoms with E-state index >= 15 is 0 Å². The number of unbranched alkanes of at least 4 members (excludes halogenated alkanes) is 4. The Hall–Kier alpha value is -1.53. The van der Waals surface area contributed by atoms with E-state index in [9.17, 15) is 4.79 Å². The number of hydrogen-bond donors (Lipinski definition) is 1. The maximum Gasteiger partial charge on any atom is 0.261 e. The van der Waals surface area contributed by atoms with Crippen molar-refractivity contribution in [2.45, 2.75) is 45.4 Å². The van der Waals surface area contributed by atoms with Crippen LogP contribution in [0.25, 0.3) is 0 Å². The Kier molecular flexibility index (Phi) is 8.83. The summed E-state index contributed by atoms with van der Waals surface area (Å²) in [5.74, 6) is 1.30. The van der Waals surface area contributed by atoms with E-state index < -0.39 is 0 Å². The third-order valence-corrected chi connectivity index (χ3v) is 4.86. The number of halogens is 1. The van der Waals surface area contributed by atoms with Gasteiger partial charge in [0.1, 0.15) is 5.76 Å². The summed E-state index contributed by atoms with van der Waals surface area (Å²) < 4.78 is 10.9. The second kappa shape index (κ2) is 11.2. The van der Waals surface area contributed by atoms with E-state index in [1.54, 1.807) is 6.07 Å². The van der Waals surface area contributed by atoms with Crippen LogP contribution >= 0.6 is 22.9 Å². The molecule has 0 aliphatic carbocycles. The number of hydrogen-bond acceptors (Lipinski definition) is 5. The van der Waals surface area contributed by atoms with Crippen LogP contribution in [-0.4, -0.2) is 30.1 Å². The SMILES string of the molecule is Cc1cc(CCCCCCCOc2ccc(C(=O)NCCCl)s2)on1. The summed E-state index contributed by atoms with van der Waals surface area (Å²) in [6.45, 7) is 3.10. The number of rotatable bonds is 12. The highest BCUT2D eigenvalue weighted by atomic mass is 35.5. The summed E-state index contributed by atoms with van der Waals surface area (Å²) in [6.07, 6.45) is 6.62. The van der Waals surface area contributed by atoms with Crippen LogP contribution in [0.3, 0.4) is 0 Å². The van der Waals surface area contributed by atoms with E-state index in [0.717, 1.165) is 42.2 Å². The first kappa shape index (κ1) is 19.8. The average Bonchev–Trinajstić information content (AvgIpc) is 3.24. The van der Waals surface area contributed by atoms with Crippen molar-refractivity contribution >= 4 is 28.8 Å². The normalized spacial score (nSPS) is 10.8. The standard InChI is InChI=1S/C18H25ClN2O3S/c1-14-13-15(24-21-14)7-5-3-2-4-6-12-23-17-9-8-16(25-17)18(22)20-11-10-19/h8-9,13H,2-7,10-12H2,1H3,(H,20,22). The Labute approximate surface area is 157 Å². The molecule has 7 heteroatoms. The Balaban J connectivity index is 1.50. The molecule has 138 valence electrons. The molecule has 0 radical (unpaired) electrons. The number of nitrogens with one attached hydrogen (secondary N) is 1. The van der Waals surface area contributed by atoms with Crippen LogP contribution in [0, 0.1) is 6.92 Å². The minimum atomic E-state index is -0.0950. The maximum atomic E-state index is 11.8. The molecule has 25 heavy (non-hydrogen) atoms. The summed E-state index contributed by atoms with van der Waals surface area (Å²) in [4.78, 5) is 12.4. The topological polar surface area (TPSA) is 64.4 Å². The van der Waals surface area contributed by atoms with Gasteiger partial charge in [-0.15, -0.1) is 11.6 Å². The summed E-state index contributed by atoms with van der Waals surface area (Å²) in [5.41, 5.74) is 0.945. The van der Waals surface area contributed by atoms with Gasteiger partial charge in [0.25, 0.3) is 5.91 Å². The second-order valence-corrected chi connectivity index (χ2v) is 7.29. The molecule has 0 spiro atoms. The first-order valence-electron chi connectivity index (χ1n) is 8.68. The van der Waals surface area contributed by atoms with Gasteiger partial charge in [-0.1, -0.05) is 35.8 Å². The molecule has 0 atom stereocenters. The predicted octanol–water partition coefficient (Wildman–Crippen LogP) is 4.59. The van der Waals surface area contributed by atoms with Crippen molar-refractivity contribution in [1.82, 2.24) is 10.5 Å². The average molecular weight is 385 g/mol. The van der Waals surface area contributed by atoms with Crippen molar-refractivity contribution in [2.24, 2.45) is 0 Å². The highest BCUT2D eigenvalue weighted by Gasteiger charge is 2.09. The molecule has 2 aromatic rings. The van der Waals surface area contributed by atoms with Gasteiger partial charge >= 0.3 is 0 Å². The Morgan fingerprint density at radius 1 is 1.28 bits per heavy atom. The van der Waals surface area contributed by atoms with Crippen molar-refractivity contribution in [3.63, 3.8) is 0 Å². The van der Waals surface area contributed by atoms with Crippen molar-refractivity contribution in [3.8, 4) is 5.06 Å². The van der Waals surface area contributed by atoms with Gasteiger partial charge in [-0.3, -0.25) is 4.79 Å². The monoisotopic (exact) mass is 384 g/mol. The molecule has 5 nitrogen and oxygen atoms in total. The molecule has 0 aliphatic rings. The van der Waals surface area contributed by atoms with Crippen LogP contribution in [0.4, 0.5) is 0 Å². The van der Waals surface area contributed by atoms with Crippen molar-refractivity contribution in [3.05, 3.63) is 34.5 Å². The Morgan fingerprint density at radius 2 is 2.08 bits per heavy atom. The van der Waals surface area contributed by atoms with Gasteiger partial charge < -0.3 is 14.6 Å². The molecule has 1 N–H and O–H groups in total. The molecule has 2 rings (SSSR count). The number of carbonyl (C=O) groups excluding carboxylic acids is 1. The zero-order valence-electron chi connectivity index (χ0n) is 14.6. The lowest BCUT2D eigenvalue weighted by atomic mass is 10.1. The first-order valence-corrected chi connectivity index (χ1v) is 10.0. The molecule has 0 saturated heterocycles. The number of aromatic nitrogens is 1. The fourth-order valence-corrected chi connectivity index (χ4v) is 3.30. The fourth-order valence-electron chi connectivity index (χ4n) is 2.41. The number of ether oxygens (including phenoxy) is 1. The highest BCUT2D eigenvalue weighted by molar-refractivity contribution is 7.15.